The fourth-order valence-electron chi connectivity index (χ4n) is 4.90. The van der Waals surface area contributed by atoms with E-state index in [1.165, 1.54) is 11.1 Å². The molecule has 0 bridgehead atoms. The number of aromatic nitrogens is 4. The minimum atomic E-state index is -0.239. The molecule has 0 spiro atoms. The van der Waals surface area contributed by atoms with E-state index in [0.29, 0.717) is 28.2 Å². The van der Waals surface area contributed by atoms with Crippen LogP contribution in [-0.4, -0.2) is 25.9 Å². The Kier molecular flexibility index (Phi) is 5.89. The molecule has 0 unspecified atom stereocenters. The fourth-order valence-corrected chi connectivity index (χ4v) is 4.90. The van der Waals surface area contributed by atoms with Crippen LogP contribution in [0.1, 0.15) is 62.9 Å². The predicted octanol–water partition coefficient (Wildman–Crippen LogP) is 4.72. The Bertz CT molecular complexity index is 1560. The van der Waals surface area contributed by atoms with Crippen molar-refractivity contribution in [2.45, 2.75) is 59.0 Å². The van der Waals surface area contributed by atoms with Crippen LogP contribution in [0.15, 0.2) is 47.4 Å². The van der Waals surface area contributed by atoms with Crippen LogP contribution < -0.4 is 16.2 Å². The largest absolute Gasteiger partial charge is 0.324 e. The normalized spacial score (nSPS) is 13.6. The molecule has 4 aromatic rings. The highest BCUT2D eigenvalue weighted by Gasteiger charge is 2.25. The minimum absolute atomic E-state index is 0.151. The number of anilines is 2. The van der Waals surface area contributed by atoms with E-state index in [4.69, 9.17) is 4.98 Å². The number of benzene rings is 2. The van der Waals surface area contributed by atoms with Crippen LogP contribution >= 0.6 is 0 Å². The zero-order valence-electron chi connectivity index (χ0n) is 21.4. The Morgan fingerprint density at radius 3 is 2.69 bits per heavy atom. The van der Waals surface area contributed by atoms with Crippen LogP contribution in [-0.2, 0) is 18.4 Å². The highest BCUT2D eigenvalue weighted by molar-refractivity contribution is 5.78. The summed E-state index contributed by atoms with van der Waals surface area (Å²) in [4.78, 5) is 22.7. The van der Waals surface area contributed by atoms with Gasteiger partial charge in [-0.1, -0.05) is 39.0 Å². The molecule has 2 aromatic heterocycles. The summed E-state index contributed by atoms with van der Waals surface area (Å²) in [6.45, 7) is 12.0. The molecule has 2 aromatic carbocycles. The van der Waals surface area contributed by atoms with E-state index in [2.05, 4.69) is 54.6 Å². The number of hydrogen-bond donors (Lipinski definition) is 2. The van der Waals surface area contributed by atoms with Gasteiger partial charge in [-0.3, -0.25) is 4.79 Å². The lowest BCUT2D eigenvalue weighted by atomic mass is 9.83. The maximum Gasteiger partial charge on any atom is 0.278 e. The lowest BCUT2D eigenvalue weighted by molar-refractivity contribution is 0.475. The Hall–Kier alpha value is -3.96. The summed E-state index contributed by atoms with van der Waals surface area (Å²) < 4.78 is 3.43. The van der Waals surface area contributed by atoms with Gasteiger partial charge in [0.25, 0.3) is 5.56 Å². The van der Waals surface area contributed by atoms with E-state index in [1.54, 1.807) is 15.6 Å². The Morgan fingerprint density at radius 2 is 1.97 bits per heavy atom. The second-order valence-corrected chi connectivity index (χ2v) is 10.6. The number of nitrogens with one attached hydrogen (secondary N) is 2. The van der Waals surface area contributed by atoms with Crippen molar-refractivity contribution in [1.82, 2.24) is 24.6 Å². The van der Waals surface area contributed by atoms with Gasteiger partial charge in [0, 0.05) is 24.5 Å². The summed E-state index contributed by atoms with van der Waals surface area (Å²) in [5, 5.41) is 17.3. The quantitative estimate of drug-likeness (QED) is 0.437. The maximum absolute atomic E-state index is 13.4. The molecule has 36 heavy (non-hydrogen) atoms. The molecule has 0 fully saturated rings. The summed E-state index contributed by atoms with van der Waals surface area (Å²) in [5.74, 6) is 0.400. The van der Waals surface area contributed by atoms with E-state index in [1.807, 2.05) is 38.1 Å². The smallest absolute Gasteiger partial charge is 0.278 e. The number of nitriles is 1. The van der Waals surface area contributed by atoms with Gasteiger partial charge in [-0.15, -0.1) is 0 Å². The van der Waals surface area contributed by atoms with Crippen LogP contribution in [0.25, 0.3) is 16.7 Å². The third-order valence-electron chi connectivity index (χ3n) is 6.65. The molecule has 1 aliphatic rings. The van der Waals surface area contributed by atoms with Gasteiger partial charge >= 0.3 is 0 Å². The predicted molar refractivity (Wildman–Crippen MR) is 142 cm³/mol. The van der Waals surface area contributed by atoms with E-state index in [-0.39, 0.29) is 17.0 Å². The first-order valence-corrected chi connectivity index (χ1v) is 12.3. The summed E-state index contributed by atoms with van der Waals surface area (Å²) in [6.07, 6.45) is 2.55. The molecule has 8 heteroatoms. The molecule has 184 valence electrons. The number of fused-ring (bicyclic) bond motifs is 2. The van der Waals surface area contributed by atoms with Crippen molar-refractivity contribution in [2.24, 2.45) is 0 Å². The Balaban J connectivity index is 1.69. The molecule has 1 aliphatic heterocycles. The number of rotatable bonds is 4. The zero-order valence-corrected chi connectivity index (χ0v) is 21.4. The van der Waals surface area contributed by atoms with Crippen LogP contribution in [0.2, 0.25) is 0 Å². The summed E-state index contributed by atoms with van der Waals surface area (Å²) in [5.41, 5.74) is 5.64. The van der Waals surface area contributed by atoms with E-state index in [0.717, 1.165) is 30.8 Å². The van der Waals surface area contributed by atoms with E-state index in [9.17, 15) is 10.1 Å². The first kappa shape index (κ1) is 23.8. The van der Waals surface area contributed by atoms with Gasteiger partial charge in [-0.05, 0) is 67.1 Å². The first-order valence-electron chi connectivity index (χ1n) is 12.3. The summed E-state index contributed by atoms with van der Waals surface area (Å²) in [6, 6.07) is 14.3. The average molecular weight is 482 g/mol. The van der Waals surface area contributed by atoms with Gasteiger partial charge in [0.2, 0.25) is 5.95 Å². The standard InChI is InChI=1S/C28H31N7O/c1-17(2)34-26(36)22-16-31-27(32-20-10-9-19-15-30-12-11-18(19)13-20)33-25(22)35(34)24-8-6-7-23(21(24)14-29)28(3,4)5/h6-10,13,16-17,30H,11-12,15H2,1-5H3,(H,31,32,33). The molecule has 0 saturated carbocycles. The first-order chi connectivity index (χ1) is 17.2. The van der Waals surface area contributed by atoms with Crippen LogP contribution in [0.4, 0.5) is 11.6 Å². The average Bonchev–Trinajstić information content (AvgIpc) is 3.14. The van der Waals surface area contributed by atoms with Crippen LogP contribution in [0.5, 0.6) is 0 Å². The van der Waals surface area contributed by atoms with Gasteiger partial charge in [-0.2, -0.15) is 10.2 Å². The second kappa shape index (κ2) is 8.92. The Morgan fingerprint density at radius 1 is 1.17 bits per heavy atom. The summed E-state index contributed by atoms with van der Waals surface area (Å²) in [7, 11) is 0. The SMILES string of the molecule is CC(C)n1c(=O)c2cnc(Nc3ccc4c(c3)CCNC4)nc2n1-c1cccc(C(C)(C)C)c1C#N. The third kappa shape index (κ3) is 4.06. The van der Waals surface area contributed by atoms with Gasteiger partial charge in [0.15, 0.2) is 5.65 Å². The Labute approximate surface area is 210 Å². The van der Waals surface area contributed by atoms with Crippen LogP contribution in [0.3, 0.4) is 0 Å². The van der Waals surface area contributed by atoms with Gasteiger partial charge in [-0.25, -0.2) is 14.3 Å². The molecule has 8 nitrogen and oxygen atoms in total. The molecule has 0 atom stereocenters. The monoisotopic (exact) mass is 481 g/mol. The maximum atomic E-state index is 13.4. The highest BCUT2D eigenvalue weighted by Crippen LogP contribution is 2.31. The lowest BCUT2D eigenvalue weighted by Gasteiger charge is -2.23. The van der Waals surface area contributed by atoms with Crippen molar-refractivity contribution in [2.75, 3.05) is 11.9 Å². The van der Waals surface area contributed by atoms with Gasteiger partial charge in [0.05, 0.1) is 11.3 Å². The molecule has 0 radical (unpaired) electrons. The van der Waals surface area contributed by atoms with E-state index >= 15 is 0 Å². The zero-order chi connectivity index (χ0) is 25.6. The van der Waals surface area contributed by atoms with Crippen molar-refractivity contribution in [3.05, 3.63) is 75.2 Å². The van der Waals surface area contributed by atoms with Crippen molar-refractivity contribution >= 4 is 22.7 Å². The van der Waals surface area contributed by atoms with Gasteiger partial charge < -0.3 is 10.6 Å². The van der Waals surface area contributed by atoms with Crippen LogP contribution in [0, 0.1) is 11.3 Å². The minimum Gasteiger partial charge on any atom is -0.324 e. The van der Waals surface area contributed by atoms with Crippen molar-refractivity contribution < 1.29 is 0 Å². The second-order valence-electron chi connectivity index (χ2n) is 10.6. The molecular formula is C28H31N7O. The topological polar surface area (TPSA) is 101 Å². The van der Waals surface area contributed by atoms with Crippen molar-refractivity contribution in [3.63, 3.8) is 0 Å². The molecule has 2 N–H and O–H groups in total. The van der Waals surface area contributed by atoms with E-state index < -0.39 is 0 Å². The third-order valence-corrected chi connectivity index (χ3v) is 6.65. The molecule has 0 amide bonds. The fraction of sp³-hybridized carbons (Fsp3) is 0.357. The molecule has 0 saturated heterocycles. The number of hydrogen-bond acceptors (Lipinski definition) is 6. The van der Waals surface area contributed by atoms with Crippen molar-refractivity contribution in [3.8, 4) is 11.8 Å². The van der Waals surface area contributed by atoms with Crippen molar-refractivity contribution in [1.29, 1.82) is 5.26 Å². The molecule has 3 heterocycles. The highest BCUT2D eigenvalue weighted by atomic mass is 16.1. The molecule has 5 rings (SSSR count). The number of nitrogens with zero attached hydrogens (tertiary/aromatic N) is 5. The summed E-state index contributed by atoms with van der Waals surface area (Å²) >= 11 is 0. The molecular weight excluding hydrogens is 450 g/mol. The molecule has 0 aliphatic carbocycles. The van der Waals surface area contributed by atoms with Gasteiger partial charge in [0.1, 0.15) is 11.5 Å². The lowest BCUT2D eigenvalue weighted by Crippen LogP contribution is -2.25.